The molecule has 1 unspecified atom stereocenters. The number of hydrogen-bond donors (Lipinski definition) is 1. The second-order valence-corrected chi connectivity index (χ2v) is 10.4. The lowest BCUT2D eigenvalue weighted by molar-refractivity contribution is -0.139. The Bertz CT molecular complexity index is 1310. The van der Waals surface area contributed by atoms with Gasteiger partial charge in [0.05, 0.1) is 17.2 Å². The Morgan fingerprint density at radius 2 is 1.57 bits per heavy atom. The fraction of sp³-hybridized carbons (Fsp3) is 0.286. The van der Waals surface area contributed by atoms with Crippen molar-refractivity contribution in [2.75, 3.05) is 24.5 Å². The minimum atomic E-state index is -4.12. The first-order chi connectivity index (χ1) is 17.7. The topological polar surface area (TPSA) is 96.0 Å². The molecule has 3 rings (SSSR count). The molecule has 1 atom stereocenters. The quantitative estimate of drug-likeness (QED) is 0.413. The molecular weight excluding hydrogens is 490 g/mol. The van der Waals surface area contributed by atoms with Gasteiger partial charge in [0.1, 0.15) is 18.3 Å². The van der Waals surface area contributed by atoms with Gasteiger partial charge in [-0.1, -0.05) is 42.5 Å². The third-order valence-corrected chi connectivity index (χ3v) is 7.85. The summed E-state index contributed by atoms with van der Waals surface area (Å²) in [6.07, 6.45) is 0. The summed E-state index contributed by atoms with van der Waals surface area (Å²) < 4.78 is 34.0. The van der Waals surface area contributed by atoms with Crippen LogP contribution in [0.5, 0.6) is 5.75 Å². The van der Waals surface area contributed by atoms with Crippen LogP contribution < -0.4 is 14.4 Å². The van der Waals surface area contributed by atoms with E-state index in [0.717, 1.165) is 15.4 Å². The molecule has 0 spiro atoms. The minimum Gasteiger partial charge on any atom is -0.494 e. The van der Waals surface area contributed by atoms with Crippen LogP contribution in [-0.4, -0.2) is 51.4 Å². The first-order valence-electron chi connectivity index (χ1n) is 12.0. The second-order valence-electron chi connectivity index (χ2n) is 8.49. The summed E-state index contributed by atoms with van der Waals surface area (Å²) in [7, 11) is -2.62. The van der Waals surface area contributed by atoms with Crippen LogP contribution >= 0.6 is 0 Å². The van der Waals surface area contributed by atoms with E-state index >= 15 is 0 Å². The molecule has 0 radical (unpaired) electrons. The van der Waals surface area contributed by atoms with Gasteiger partial charge in [0.15, 0.2) is 0 Å². The number of para-hydroxylation sites is 1. The molecule has 2 amide bonds. The zero-order chi connectivity index (χ0) is 27.0. The molecule has 3 aromatic rings. The van der Waals surface area contributed by atoms with Crippen LogP contribution in [-0.2, 0) is 26.2 Å². The highest BCUT2D eigenvalue weighted by molar-refractivity contribution is 7.92. The number of carbonyl (C=O) groups excluding carboxylic acids is 2. The Morgan fingerprint density at radius 3 is 2.16 bits per heavy atom. The first-order valence-corrected chi connectivity index (χ1v) is 13.5. The number of nitrogens with zero attached hydrogens (tertiary/aromatic N) is 2. The highest BCUT2D eigenvalue weighted by atomic mass is 32.2. The van der Waals surface area contributed by atoms with Gasteiger partial charge in [-0.2, -0.15) is 0 Å². The summed E-state index contributed by atoms with van der Waals surface area (Å²) in [5.41, 5.74) is 2.17. The highest BCUT2D eigenvalue weighted by Crippen LogP contribution is 2.26. The largest absolute Gasteiger partial charge is 0.494 e. The molecule has 1 N–H and O–H groups in total. The fourth-order valence-electron chi connectivity index (χ4n) is 3.89. The van der Waals surface area contributed by atoms with E-state index in [1.165, 1.54) is 24.1 Å². The lowest BCUT2D eigenvalue weighted by Gasteiger charge is -2.32. The van der Waals surface area contributed by atoms with Crippen molar-refractivity contribution in [2.24, 2.45) is 0 Å². The molecule has 0 fully saturated rings. The number of hydrogen-bond acceptors (Lipinski definition) is 5. The number of aryl methyl sites for hydroxylation is 1. The number of anilines is 1. The Hall–Kier alpha value is -3.85. The number of ether oxygens (including phenoxy) is 1. The van der Waals surface area contributed by atoms with Crippen molar-refractivity contribution in [1.82, 2.24) is 10.2 Å². The minimum absolute atomic E-state index is 0.0254. The molecule has 196 valence electrons. The van der Waals surface area contributed by atoms with E-state index in [1.54, 1.807) is 49.4 Å². The van der Waals surface area contributed by atoms with Crippen LogP contribution in [0.1, 0.15) is 25.0 Å². The standard InChI is InChI=1S/C28H33N3O5S/c1-5-36-25-15-17-26(18-16-25)37(34,35)31(24-13-7-6-8-14-24)20-27(32)30(22(3)28(33)29-4)19-23-12-10-9-11-21(23)2/h6-18,22H,5,19-20H2,1-4H3,(H,29,33). The summed E-state index contributed by atoms with van der Waals surface area (Å²) in [6, 6.07) is 21.3. The summed E-state index contributed by atoms with van der Waals surface area (Å²) in [5, 5.41) is 2.58. The fourth-order valence-corrected chi connectivity index (χ4v) is 5.30. The maximum atomic E-state index is 13.8. The zero-order valence-electron chi connectivity index (χ0n) is 21.5. The number of nitrogens with one attached hydrogen (secondary N) is 1. The van der Waals surface area contributed by atoms with Gasteiger partial charge in [-0.05, 0) is 68.3 Å². The Morgan fingerprint density at radius 1 is 0.946 bits per heavy atom. The summed E-state index contributed by atoms with van der Waals surface area (Å²) in [5.74, 6) is -0.298. The SMILES string of the molecule is CCOc1ccc(S(=O)(=O)N(CC(=O)N(Cc2ccccc2C)C(C)C(=O)NC)c2ccccc2)cc1. The number of likely N-dealkylation sites (N-methyl/N-ethyl adjacent to an activating group) is 1. The van der Waals surface area contributed by atoms with Gasteiger partial charge in [0.25, 0.3) is 10.0 Å². The van der Waals surface area contributed by atoms with E-state index in [4.69, 9.17) is 4.74 Å². The normalized spacial score (nSPS) is 11.9. The van der Waals surface area contributed by atoms with E-state index in [9.17, 15) is 18.0 Å². The predicted molar refractivity (Wildman–Crippen MR) is 144 cm³/mol. The number of rotatable bonds is 11. The first kappa shape index (κ1) is 27.7. The van der Waals surface area contributed by atoms with Crippen molar-refractivity contribution >= 4 is 27.5 Å². The van der Waals surface area contributed by atoms with Crippen molar-refractivity contribution in [2.45, 2.75) is 38.3 Å². The molecule has 0 aliphatic carbocycles. The van der Waals surface area contributed by atoms with E-state index in [2.05, 4.69) is 5.32 Å². The lowest BCUT2D eigenvalue weighted by atomic mass is 10.1. The van der Waals surface area contributed by atoms with E-state index in [0.29, 0.717) is 18.0 Å². The Labute approximate surface area is 218 Å². The van der Waals surface area contributed by atoms with Crippen LogP contribution in [0.3, 0.4) is 0 Å². The van der Waals surface area contributed by atoms with E-state index in [-0.39, 0.29) is 17.3 Å². The smallest absolute Gasteiger partial charge is 0.264 e. The van der Waals surface area contributed by atoms with Gasteiger partial charge >= 0.3 is 0 Å². The molecule has 0 aliphatic heterocycles. The number of carbonyl (C=O) groups is 2. The van der Waals surface area contributed by atoms with Crippen LogP contribution in [0.25, 0.3) is 0 Å². The van der Waals surface area contributed by atoms with Gasteiger partial charge in [0.2, 0.25) is 11.8 Å². The van der Waals surface area contributed by atoms with Crippen molar-refractivity contribution in [3.05, 3.63) is 90.0 Å². The number of benzene rings is 3. The number of amides is 2. The predicted octanol–water partition coefficient (Wildman–Crippen LogP) is 3.75. The monoisotopic (exact) mass is 523 g/mol. The van der Waals surface area contributed by atoms with Crippen LogP contribution in [0.4, 0.5) is 5.69 Å². The number of sulfonamides is 1. The van der Waals surface area contributed by atoms with Gasteiger partial charge in [-0.25, -0.2) is 8.42 Å². The molecule has 0 heterocycles. The maximum absolute atomic E-state index is 13.8. The van der Waals surface area contributed by atoms with Gasteiger partial charge in [0, 0.05) is 13.6 Å². The second kappa shape index (κ2) is 12.4. The maximum Gasteiger partial charge on any atom is 0.264 e. The Kier molecular flexibility index (Phi) is 9.30. The lowest BCUT2D eigenvalue weighted by Crippen LogP contribution is -2.50. The van der Waals surface area contributed by atoms with Crippen molar-refractivity contribution in [3.8, 4) is 5.75 Å². The molecule has 0 aromatic heterocycles. The Balaban J connectivity index is 2.00. The van der Waals surface area contributed by atoms with Crippen LogP contribution in [0.2, 0.25) is 0 Å². The van der Waals surface area contributed by atoms with E-state index < -0.39 is 28.5 Å². The van der Waals surface area contributed by atoms with Crippen molar-refractivity contribution in [3.63, 3.8) is 0 Å². The van der Waals surface area contributed by atoms with Crippen molar-refractivity contribution < 1.29 is 22.7 Å². The van der Waals surface area contributed by atoms with Crippen molar-refractivity contribution in [1.29, 1.82) is 0 Å². The molecule has 0 aliphatic rings. The molecule has 0 bridgehead atoms. The molecule has 3 aromatic carbocycles. The molecule has 8 nitrogen and oxygen atoms in total. The third-order valence-electron chi connectivity index (χ3n) is 6.06. The molecule has 0 saturated heterocycles. The highest BCUT2D eigenvalue weighted by Gasteiger charge is 2.32. The summed E-state index contributed by atoms with van der Waals surface area (Å²) in [6.45, 7) is 5.53. The van der Waals surface area contributed by atoms with Crippen LogP contribution in [0, 0.1) is 6.92 Å². The zero-order valence-corrected chi connectivity index (χ0v) is 22.4. The van der Waals surface area contributed by atoms with E-state index in [1.807, 2.05) is 38.1 Å². The average molecular weight is 524 g/mol. The average Bonchev–Trinajstić information content (AvgIpc) is 2.91. The summed E-state index contributed by atoms with van der Waals surface area (Å²) in [4.78, 5) is 27.7. The van der Waals surface area contributed by atoms with Gasteiger partial charge in [-0.15, -0.1) is 0 Å². The molecule has 0 saturated carbocycles. The molecular formula is C28H33N3O5S. The van der Waals surface area contributed by atoms with Gasteiger partial charge in [-0.3, -0.25) is 13.9 Å². The molecule has 9 heteroatoms. The van der Waals surface area contributed by atoms with Gasteiger partial charge < -0.3 is 15.0 Å². The third kappa shape index (κ3) is 6.68. The van der Waals surface area contributed by atoms with Crippen LogP contribution in [0.15, 0.2) is 83.8 Å². The molecule has 37 heavy (non-hydrogen) atoms. The summed E-state index contributed by atoms with van der Waals surface area (Å²) >= 11 is 0.